The highest BCUT2D eigenvalue weighted by Crippen LogP contribution is 2.22. The number of hydrogen-bond donors (Lipinski definition) is 0. The summed E-state index contributed by atoms with van der Waals surface area (Å²) in [5.41, 5.74) is 0.251. The summed E-state index contributed by atoms with van der Waals surface area (Å²) in [6.07, 6.45) is 4.57. The normalized spacial score (nSPS) is 22.5. The predicted octanol–water partition coefficient (Wildman–Crippen LogP) is 2.37. The van der Waals surface area contributed by atoms with E-state index in [2.05, 4.69) is 0 Å². The van der Waals surface area contributed by atoms with Gasteiger partial charge >= 0.3 is 5.97 Å². The molecule has 0 aromatic heterocycles. The zero-order valence-electron chi connectivity index (χ0n) is 13.8. The highest BCUT2D eigenvalue weighted by atomic mass is 32.2. The Labute approximate surface area is 139 Å². The molecule has 126 valence electrons. The number of carbonyl (C=O) groups excluding carboxylic acids is 2. The molecule has 1 amide bonds. The molecule has 0 spiro atoms. The minimum atomic E-state index is -1.29. The van der Waals surface area contributed by atoms with E-state index in [-0.39, 0.29) is 30.2 Å². The first-order chi connectivity index (χ1) is 10.9. The third-order valence-electron chi connectivity index (χ3n) is 4.22. The van der Waals surface area contributed by atoms with Crippen molar-refractivity contribution >= 4 is 22.7 Å². The van der Waals surface area contributed by atoms with Gasteiger partial charge in [-0.3, -0.25) is 9.00 Å². The molecule has 0 saturated carbocycles. The van der Waals surface area contributed by atoms with Gasteiger partial charge in [0, 0.05) is 18.3 Å². The first kappa shape index (κ1) is 17.7. The van der Waals surface area contributed by atoms with Crippen molar-refractivity contribution in [3.05, 3.63) is 29.8 Å². The number of carbonyl (C=O) groups is 2. The summed E-state index contributed by atoms with van der Waals surface area (Å²) in [4.78, 5) is 26.8. The number of piperidine rings is 1. The molecule has 1 heterocycles. The summed E-state index contributed by atoms with van der Waals surface area (Å²) in [6, 6.07) is 6.93. The summed E-state index contributed by atoms with van der Waals surface area (Å²) >= 11 is 0. The molecule has 1 aromatic rings. The second kappa shape index (κ2) is 7.73. The molecule has 1 aliphatic rings. The molecule has 6 heteroatoms. The first-order valence-electron chi connectivity index (χ1n) is 7.82. The standard InChI is InChI=1S/C17H23NO4S/c1-12-7-6-8-13(2)18(12)16(19)11-22-17(20)14-9-4-5-10-15(14)23(3)21/h4-5,9-10,12-13H,6-8,11H2,1-3H3/t12-,13-,23+/m0/s1. The smallest absolute Gasteiger partial charge is 0.339 e. The van der Waals surface area contributed by atoms with Crippen molar-refractivity contribution in [1.82, 2.24) is 4.90 Å². The molecular formula is C17H23NO4S. The lowest BCUT2D eigenvalue weighted by molar-refractivity contribution is -0.140. The summed E-state index contributed by atoms with van der Waals surface area (Å²) in [7, 11) is -1.29. The van der Waals surface area contributed by atoms with Crippen LogP contribution in [0.25, 0.3) is 0 Å². The zero-order chi connectivity index (χ0) is 17.0. The number of ether oxygens (including phenoxy) is 1. The molecule has 3 atom stereocenters. The fraction of sp³-hybridized carbons (Fsp3) is 0.529. The Bertz CT molecular complexity index is 606. The van der Waals surface area contributed by atoms with E-state index in [9.17, 15) is 13.8 Å². The van der Waals surface area contributed by atoms with Crippen LogP contribution in [-0.2, 0) is 20.3 Å². The van der Waals surface area contributed by atoms with E-state index in [0.717, 1.165) is 19.3 Å². The maximum atomic E-state index is 12.4. The first-order valence-corrected chi connectivity index (χ1v) is 9.38. The molecule has 0 bridgehead atoms. The van der Waals surface area contributed by atoms with E-state index in [4.69, 9.17) is 4.74 Å². The van der Waals surface area contributed by atoms with Crippen LogP contribution in [0.2, 0.25) is 0 Å². The maximum Gasteiger partial charge on any atom is 0.339 e. The van der Waals surface area contributed by atoms with Crippen molar-refractivity contribution in [1.29, 1.82) is 0 Å². The van der Waals surface area contributed by atoms with Gasteiger partial charge < -0.3 is 9.64 Å². The van der Waals surface area contributed by atoms with Crippen molar-refractivity contribution in [3.8, 4) is 0 Å². The van der Waals surface area contributed by atoms with Gasteiger partial charge in [-0.05, 0) is 45.2 Å². The molecular weight excluding hydrogens is 314 g/mol. The van der Waals surface area contributed by atoms with Crippen LogP contribution in [0.5, 0.6) is 0 Å². The van der Waals surface area contributed by atoms with Crippen LogP contribution in [0.1, 0.15) is 43.5 Å². The predicted molar refractivity (Wildman–Crippen MR) is 88.7 cm³/mol. The average Bonchev–Trinajstić information content (AvgIpc) is 2.52. The van der Waals surface area contributed by atoms with Crippen LogP contribution in [0, 0.1) is 0 Å². The van der Waals surface area contributed by atoms with Crippen LogP contribution in [0.3, 0.4) is 0 Å². The third-order valence-corrected chi connectivity index (χ3v) is 5.20. The molecule has 5 nitrogen and oxygen atoms in total. The van der Waals surface area contributed by atoms with Crippen molar-refractivity contribution in [2.24, 2.45) is 0 Å². The minimum absolute atomic E-state index is 0.167. The minimum Gasteiger partial charge on any atom is -0.452 e. The molecule has 0 aliphatic carbocycles. The second-order valence-corrected chi connectivity index (χ2v) is 7.30. The second-order valence-electron chi connectivity index (χ2n) is 5.96. The van der Waals surface area contributed by atoms with Gasteiger partial charge in [-0.15, -0.1) is 0 Å². The molecule has 1 aromatic carbocycles. The van der Waals surface area contributed by atoms with Crippen molar-refractivity contribution in [2.45, 2.75) is 50.1 Å². The molecule has 0 N–H and O–H groups in total. The van der Waals surface area contributed by atoms with Gasteiger partial charge in [0.2, 0.25) is 0 Å². The topological polar surface area (TPSA) is 63.7 Å². The Morgan fingerprint density at radius 1 is 1.22 bits per heavy atom. The number of nitrogens with zero attached hydrogens (tertiary/aromatic N) is 1. The van der Waals surface area contributed by atoms with Gasteiger partial charge in [0.15, 0.2) is 6.61 Å². The quantitative estimate of drug-likeness (QED) is 0.791. The van der Waals surface area contributed by atoms with Crippen LogP contribution in [0.15, 0.2) is 29.2 Å². The van der Waals surface area contributed by atoms with Crippen molar-refractivity contribution in [3.63, 3.8) is 0 Å². The molecule has 1 aliphatic heterocycles. The molecule has 1 saturated heterocycles. The van der Waals surface area contributed by atoms with Crippen LogP contribution >= 0.6 is 0 Å². The Morgan fingerprint density at radius 2 is 1.83 bits per heavy atom. The Morgan fingerprint density at radius 3 is 2.43 bits per heavy atom. The lowest BCUT2D eigenvalue weighted by atomic mass is 9.97. The van der Waals surface area contributed by atoms with E-state index in [1.807, 2.05) is 13.8 Å². The summed E-state index contributed by atoms with van der Waals surface area (Å²) in [5, 5.41) is 0. The Balaban J connectivity index is 2.02. The highest BCUT2D eigenvalue weighted by molar-refractivity contribution is 7.84. The monoisotopic (exact) mass is 337 g/mol. The zero-order valence-corrected chi connectivity index (χ0v) is 14.6. The van der Waals surface area contributed by atoms with Crippen molar-refractivity contribution < 1.29 is 18.5 Å². The largest absolute Gasteiger partial charge is 0.452 e. The van der Waals surface area contributed by atoms with E-state index in [0.29, 0.717) is 4.90 Å². The van der Waals surface area contributed by atoms with Gasteiger partial charge in [0.25, 0.3) is 5.91 Å². The van der Waals surface area contributed by atoms with Crippen LogP contribution in [-0.4, -0.2) is 45.9 Å². The summed E-state index contributed by atoms with van der Waals surface area (Å²) in [5.74, 6) is -0.783. The van der Waals surface area contributed by atoms with Gasteiger partial charge in [-0.1, -0.05) is 12.1 Å². The number of rotatable bonds is 4. The lowest BCUT2D eigenvalue weighted by Crippen LogP contribution is -2.49. The molecule has 0 radical (unpaired) electrons. The molecule has 0 unspecified atom stereocenters. The van der Waals surface area contributed by atoms with Crippen molar-refractivity contribution in [2.75, 3.05) is 12.9 Å². The fourth-order valence-corrected chi connectivity index (χ4v) is 3.81. The molecule has 23 heavy (non-hydrogen) atoms. The van der Waals surface area contributed by atoms with Crippen LogP contribution in [0.4, 0.5) is 0 Å². The summed E-state index contributed by atoms with van der Waals surface area (Å²) < 4.78 is 16.8. The number of amides is 1. The molecule has 1 fully saturated rings. The fourth-order valence-electron chi connectivity index (χ4n) is 3.08. The lowest BCUT2D eigenvalue weighted by Gasteiger charge is -2.38. The van der Waals surface area contributed by atoms with E-state index in [1.165, 1.54) is 6.26 Å². The summed E-state index contributed by atoms with van der Waals surface area (Å²) in [6.45, 7) is 3.76. The number of esters is 1. The van der Waals surface area contributed by atoms with Gasteiger partial charge in [-0.25, -0.2) is 4.79 Å². The van der Waals surface area contributed by atoms with Gasteiger partial charge in [-0.2, -0.15) is 0 Å². The Hall–Kier alpha value is -1.69. The van der Waals surface area contributed by atoms with E-state index < -0.39 is 16.8 Å². The maximum absolute atomic E-state index is 12.4. The van der Waals surface area contributed by atoms with E-state index >= 15 is 0 Å². The Kier molecular flexibility index (Phi) is 5.93. The van der Waals surface area contributed by atoms with Crippen LogP contribution < -0.4 is 0 Å². The third kappa shape index (κ3) is 4.19. The van der Waals surface area contributed by atoms with Gasteiger partial charge in [0.1, 0.15) is 0 Å². The average molecular weight is 337 g/mol. The number of benzene rings is 1. The van der Waals surface area contributed by atoms with E-state index in [1.54, 1.807) is 29.2 Å². The van der Waals surface area contributed by atoms with Gasteiger partial charge in [0.05, 0.1) is 21.3 Å². The SMILES string of the molecule is C[C@H]1CCC[C@H](C)N1C(=O)COC(=O)c1ccccc1[S@@](C)=O. The number of likely N-dealkylation sites (tertiary alicyclic amines) is 1. The molecule has 2 rings (SSSR count). The number of hydrogen-bond acceptors (Lipinski definition) is 4. The highest BCUT2D eigenvalue weighted by Gasteiger charge is 2.29.